The highest BCUT2D eigenvalue weighted by atomic mass is 32.2. The van der Waals surface area contributed by atoms with Crippen LogP contribution in [0.3, 0.4) is 0 Å². The van der Waals surface area contributed by atoms with E-state index < -0.39 is 10.0 Å². The van der Waals surface area contributed by atoms with Gasteiger partial charge in [0.1, 0.15) is 5.75 Å². The number of benzene rings is 1. The van der Waals surface area contributed by atoms with E-state index in [0.29, 0.717) is 5.92 Å². The number of piperidine rings is 1. The molecule has 7 heteroatoms. The number of hydrogen-bond donors (Lipinski definition) is 0. The molecule has 0 atom stereocenters. The van der Waals surface area contributed by atoms with Crippen LogP contribution in [0.1, 0.15) is 31.7 Å². The lowest BCUT2D eigenvalue weighted by atomic mass is 9.99. The molecule has 0 bridgehead atoms. The molecule has 0 aliphatic carbocycles. The fraction of sp³-hybridized carbons (Fsp3) is 0.611. The Bertz CT molecular complexity index is 665. The van der Waals surface area contributed by atoms with E-state index in [0.717, 1.165) is 37.2 Å². The molecule has 0 N–H and O–H groups in total. The molecule has 1 heterocycles. The summed E-state index contributed by atoms with van der Waals surface area (Å²) in [6.07, 6.45) is 3.45. The molecule has 0 radical (unpaired) electrons. The van der Waals surface area contributed by atoms with Crippen molar-refractivity contribution in [2.45, 2.75) is 32.7 Å². The lowest BCUT2D eigenvalue weighted by Gasteiger charge is -2.31. The third-order valence-electron chi connectivity index (χ3n) is 4.70. The Morgan fingerprint density at radius 3 is 2.36 bits per heavy atom. The van der Waals surface area contributed by atoms with E-state index in [1.165, 1.54) is 10.6 Å². The van der Waals surface area contributed by atoms with Gasteiger partial charge in [-0.25, -0.2) is 8.42 Å². The summed E-state index contributed by atoms with van der Waals surface area (Å²) in [5.41, 5.74) is 0.866. The Labute approximate surface area is 150 Å². The first-order chi connectivity index (χ1) is 11.8. The third kappa shape index (κ3) is 6.01. The van der Waals surface area contributed by atoms with Gasteiger partial charge in [0.05, 0.1) is 13.4 Å². The summed E-state index contributed by atoms with van der Waals surface area (Å²) in [6, 6.07) is 7.28. The number of carbonyl (C=O) groups is 1. The van der Waals surface area contributed by atoms with Crippen molar-refractivity contribution < 1.29 is 17.9 Å². The summed E-state index contributed by atoms with van der Waals surface area (Å²) < 4.78 is 30.6. The highest BCUT2D eigenvalue weighted by molar-refractivity contribution is 7.88. The fourth-order valence-electron chi connectivity index (χ4n) is 2.93. The lowest BCUT2D eigenvalue weighted by Crippen LogP contribution is -2.40. The second-order valence-corrected chi connectivity index (χ2v) is 8.74. The summed E-state index contributed by atoms with van der Waals surface area (Å²) in [5, 5.41) is 0. The second kappa shape index (κ2) is 8.67. The van der Waals surface area contributed by atoms with E-state index in [1.807, 2.05) is 17.0 Å². The molecule has 1 fully saturated rings. The molecule has 1 aromatic carbocycles. The van der Waals surface area contributed by atoms with Gasteiger partial charge in [-0.2, -0.15) is 4.31 Å². The van der Waals surface area contributed by atoms with Crippen molar-refractivity contribution in [2.24, 2.45) is 5.92 Å². The van der Waals surface area contributed by atoms with Gasteiger partial charge in [-0.05, 0) is 36.5 Å². The van der Waals surface area contributed by atoms with Crippen molar-refractivity contribution in [1.29, 1.82) is 0 Å². The van der Waals surface area contributed by atoms with Gasteiger partial charge in [-0.1, -0.05) is 19.1 Å². The number of ether oxygens (including phenoxy) is 1. The minimum Gasteiger partial charge on any atom is -0.497 e. The zero-order chi connectivity index (χ0) is 18.4. The van der Waals surface area contributed by atoms with Crippen LogP contribution in [0.25, 0.3) is 0 Å². The van der Waals surface area contributed by atoms with Gasteiger partial charge < -0.3 is 9.64 Å². The average Bonchev–Trinajstić information content (AvgIpc) is 2.58. The molecule has 1 aromatic rings. The van der Waals surface area contributed by atoms with Crippen LogP contribution >= 0.6 is 0 Å². The first-order valence-corrected chi connectivity index (χ1v) is 10.5. The molecule has 1 aliphatic rings. The maximum absolute atomic E-state index is 12.4. The van der Waals surface area contributed by atoms with Crippen molar-refractivity contribution in [2.75, 3.05) is 33.0 Å². The number of carbonyl (C=O) groups excluding carboxylic acids is 1. The summed E-state index contributed by atoms with van der Waals surface area (Å²) in [4.78, 5) is 14.2. The molecule has 1 aliphatic heterocycles. The highest BCUT2D eigenvalue weighted by Gasteiger charge is 2.23. The van der Waals surface area contributed by atoms with Crippen molar-refractivity contribution in [3.63, 3.8) is 0 Å². The topological polar surface area (TPSA) is 66.9 Å². The molecule has 1 amide bonds. The first kappa shape index (κ1) is 19.7. The van der Waals surface area contributed by atoms with Crippen LogP contribution in [-0.4, -0.2) is 56.5 Å². The molecule has 0 unspecified atom stereocenters. The largest absolute Gasteiger partial charge is 0.497 e. The molecular weight excluding hydrogens is 340 g/mol. The fourth-order valence-corrected chi connectivity index (χ4v) is 3.74. The Morgan fingerprint density at radius 1 is 1.24 bits per heavy atom. The van der Waals surface area contributed by atoms with Crippen LogP contribution < -0.4 is 4.74 Å². The van der Waals surface area contributed by atoms with Crippen LogP contribution in [-0.2, 0) is 21.4 Å². The number of methoxy groups -OCH3 is 1. The summed E-state index contributed by atoms with van der Waals surface area (Å²) in [6.45, 7) is 4.21. The van der Waals surface area contributed by atoms with Crippen LogP contribution in [0.5, 0.6) is 5.75 Å². The van der Waals surface area contributed by atoms with E-state index in [1.54, 1.807) is 19.2 Å². The van der Waals surface area contributed by atoms with E-state index in [-0.39, 0.29) is 25.4 Å². The van der Waals surface area contributed by atoms with Crippen molar-refractivity contribution in [1.82, 2.24) is 9.21 Å². The molecule has 25 heavy (non-hydrogen) atoms. The lowest BCUT2D eigenvalue weighted by molar-refractivity contribution is -0.132. The predicted molar refractivity (Wildman–Crippen MR) is 97.8 cm³/mol. The molecule has 140 valence electrons. The van der Waals surface area contributed by atoms with E-state index in [9.17, 15) is 13.2 Å². The molecule has 0 saturated carbocycles. The number of amides is 1. The first-order valence-electron chi connectivity index (χ1n) is 8.65. The Hall–Kier alpha value is -1.60. The molecule has 2 rings (SSSR count). The summed E-state index contributed by atoms with van der Waals surface area (Å²) >= 11 is 0. The van der Waals surface area contributed by atoms with E-state index in [2.05, 4.69) is 6.92 Å². The number of nitrogens with zero attached hydrogens (tertiary/aromatic N) is 2. The zero-order valence-electron chi connectivity index (χ0n) is 15.3. The maximum Gasteiger partial charge on any atom is 0.223 e. The SMILES string of the molecule is COc1ccc(CN(CCC(=O)N2CCC(C)CC2)S(C)(=O)=O)cc1. The van der Waals surface area contributed by atoms with Gasteiger partial charge >= 0.3 is 0 Å². The minimum absolute atomic E-state index is 0.0373. The van der Waals surface area contributed by atoms with Gasteiger partial charge in [0.2, 0.25) is 15.9 Å². The van der Waals surface area contributed by atoms with Gasteiger partial charge in [0, 0.05) is 32.6 Å². The van der Waals surface area contributed by atoms with Gasteiger partial charge in [-0.15, -0.1) is 0 Å². The monoisotopic (exact) mass is 368 g/mol. The smallest absolute Gasteiger partial charge is 0.223 e. The maximum atomic E-state index is 12.4. The molecular formula is C18H28N2O4S. The molecule has 1 saturated heterocycles. The number of sulfonamides is 1. The van der Waals surface area contributed by atoms with Crippen molar-refractivity contribution in [3.8, 4) is 5.75 Å². The highest BCUT2D eigenvalue weighted by Crippen LogP contribution is 2.18. The molecule has 0 aromatic heterocycles. The molecule has 0 spiro atoms. The summed E-state index contributed by atoms with van der Waals surface area (Å²) in [7, 11) is -1.79. The summed E-state index contributed by atoms with van der Waals surface area (Å²) in [5.74, 6) is 1.42. The van der Waals surface area contributed by atoms with Crippen LogP contribution in [0, 0.1) is 5.92 Å². The normalized spacial score (nSPS) is 16.2. The van der Waals surface area contributed by atoms with Crippen molar-refractivity contribution >= 4 is 15.9 Å². The van der Waals surface area contributed by atoms with E-state index in [4.69, 9.17) is 4.74 Å². The minimum atomic E-state index is -3.38. The number of hydrogen-bond acceptors (Lipinski definition) is 4. The zero-order valence-corrected chi connectivity index (χ0v) is 16.1. The van der Waals surface area contributed by atoms with Gasteiger partial charge in [0.15, 0.2) is 0 Å². The Balaban J connectivity index is 1.94. The third-order valence-corrected chi connectivity index (χ3v) is 5.95. The average molecular weight is 368 g/mol. The number of likely N-dealkylation sites (tertiary alicyclic amines) is 1. The van der Waals surface area contributed by atoms with Crippen LogP contribution in [0.15, 0.2) is 24.3 Å². The Kier molecular flexibility index (Phi) is 6.84. The standard InChI is InChI=1S/C18H28N2O4S/c1-15-8-11-19(12-9-15)18(21)10-13-20(25(3,22)23)14-16-4-6-17(24-2)7-5-16/h4-7,15H,8-14H2,1-3H3. The predicted octanol–water partition coefficient (Wildman–Crippen LogP) is 2.11. The van der Waals surface area contributed by atoms with Crippen molar-refractivity contribution in [3.05, 3.63) is 29.8 Å². The van der Waals surface area contributed by atoms with Gasteiger partial charge in [-0.3, -0.25) is 4.79 Å². The van der Waals surface area contributed by atoms with Crippen LogP contribution in [0.2, 0.25) is 0 Å². The van der Waals surface area contributed by atoms with Gasteiger partial charge in [0.25, 0.3) is 0 Å². The molecule has 6 nitrogen and oxygen atoms in total. The van der Waals surface area contributed by atoms with E-state index >= 15 is 0 Å². The van der Waals surface area contributed by atoms with Crippen LogP contribution in [0.4, 0.5) is 0 Å². The quantitative estimate of drug-likeness (QED) is 0.739. The Morgan fingerprint density at radius 2 is 1.84 bits per heavy atom. The number of rotatable bonds is 7. The second-order valence-electron chi connectivity index (χ2n) is 6.76.